The van der Waals surface area contributed by atoms with Crippen molar-refractivity contribution in [2.75, 3.05) is 13.1 Å². The predicted molar refractivity (Wildman–Crippen MR) is 84.5 cm³/mol. The third-order valence-corrected chi connectivity index (χ3v) is 7.03. The molecule has 5 nitrogen and oxygen atoms in total. The largest absolute Gasteiger partial charge is 0.342 e. The maximum atomic E-state index is 12.2. The van der Waals surface area contributed by atoms with Crippen molar-refractivity contribution in [3.8, 4) is 0 Å². The van der Waals surface area contributed by atoms with Crippen LogP contribution in [0.25, 0.3) is 0 Å². The standard InChI is InChI=1S/C12H19BrN2O3S2/c1-5-15(6-2)12(16)9(4)14-20(17,18)10-7-8(3)11(13)19-10/h7,9,14H,5-6H2,1-4H3. The molecule has 0 radical (unpaired) electrons. The van der Waals surface area contributed by atoms with E-state index in [1.54, 1.807) is 17.9 Å². The quantitative estimate of drug-likeness (QED) is 0.820. The number of hydrogen-bond donors (Lipinski definition) is 1. The lowest BCUT2D eigenvalue weighted by molar-refractivity contribution is -0.132. The van der Waals surface area contributed by atoms with E-state index in [0.29, 0.717) is 13.1 Å². The predicted octanol–water partition coefficient (Wildman–Crippen LogP) is 2.35. The van der Waals surface area contributed by atoms with E-state index in [1.807, 2.05) is 20.8 Å². The number of nitrogens with zero attached hydrogens (tertiary/aromatic N) is 1. The van der Waals surface area contributed by atoms with Crippen LogP contribution >= 0.6 is 27.3 Å². The molecule has 1 atom stereocenters. The molecule has 1 aromatic rings. The molecule has 1 N–H and O–H groups in total. The van der Waals surface area contributed by atoms with Gasteiger partial charge in [-0.3, -0.25) is 4.79 Å². The molecule has 0 bridgehead atoms. The van der Waals surface area contributed by atoms with Crippen LogP contribution in [0.2, 0.25) is 0 Å². The average Bonchev–Trinajstić information content (AvgIpc) is 2.71. The second-order valence-corrected chi connectivity index (χ2v) is 8.69. The molecule has 1 unspecified atom stereocenters. The van der Waals surface area contributed by atoms with Gasteiger partial charge in [0, 0.05) is 13.1 Å². The Morgan fingerprint density at radius 2 is 2.00 bits per heavy atom. The number of thiophene rings is 1. The van der Waals surface area contributed by atoms with Gasteiger partial charge in [-0.2, -0.15) is 4.72 Å². The van der Waals surface area contributed by atoms with Crippen LogP contribution in [-0.2, 0) is 14.8 Å². The lowest BCUT2D eigenvalue weighted by atomic mass is 10.3. The third kappa shape index (κ3) is 4.03. The molecule has 1 rings (SSSR count). The fourth-order valence-corrected chi connectivity index (χ4v) is 5.15. The molecule has 1 aromatic heterocycles. The lowest BCUT2D eigenvalue weighted by Gasteiger charge is -2.23. The Morgan fingerprint density at radius 3 is 2.40 bits per heavy atom. The zero-order valence-corrected chi connectivity index (χ0v) is 15.2. The highest BCUT2D eigenvalue weighted by molar-refractivity contribution is 9.11. The van der Waals surface area contributed by atoms with Crippen LogP contribution in [0.5, 0.6) is 0 Å². The van der Waals surface area contributed by atoms with E-state index in [9.17, 15) is 13.2 Å². The second kappa shape index (κ2) is 7.02. The van der Waals surface area contributed by atoms with E-state index in [2.05, 4.69) is 20.7 Å². The maximum Gasteiger partial charge on any atom is 0.250 e. The zero-order chi connectivity index (χ0) is 15.5. The van der Waals surface area contributed by atoms with Crippen molar-refractivity contribution < 1.29 is 13.2 Å². The smallest absolute Gasteiger partial charge is 0.250 e. The molecule has 0 aromatic carbocycles. The summed E-state index contributed by atoms with van der Waals surface area (Å²) in [6, 6.07) is 0.812. The van der Waals surface area contributed by atoms with E-state index < -0.39 is 16.1 Å². The minimum Gasteiger partial charge on any atom is -0.342 e. The van der Waals surface area contributed by atoms with Gasteiger partial charge in [0.05, 0.1) is 9.83 Å². The number of amides is 1. The van der Waals surface area contributed by atoms with Gasteiger partial charge in [0.2, 0.25) is 5.91 Å². The van der Waals surface area contributed by atoms with E-state index in [1.165, 1.54) is 0 Å². The SMILES string of the molecule is CCN(CC)C(=O)C(C)NS(=O)(=O)c1cc(C)c(Br)s1. The van der Waals surface area contributed by atoms with E-state index >= 15 is 0 Å². The second-order valence-electron chi connectivity index (χ2n) is 4.38. The van der Waals surface area contributed by atoms with Crippen molar-refractivity contribution in [1.82, 2.24) is 9.62 Å². The number of nitrogens with one attached hydrogen (secondary N) is 1. The van der Waals surface area contributed by atoms with Crippen molar-refractivity contribution >= 4 is 43.2 Å². The first kappa shape index (κ1) is 17.6. The summed E-state index contributed by atoms with van der Waals surface area (Å²) in [4.78, 5) is 13.7. The van der Waals surface area contributed by atoms with E-state index in [0.717, 1.165) is 20.7 Å². The van der Waals surface area contributed by atoms with Gasteiger partial charge >= 0.3 is 0 Å². The molecular weight excluding hydrogens is 364 g/mol. The highest BCUT2D eigenvalue weighted by Gasteiger charge is 2.26. The Hall–Kier alpha value is -0.440. The third-order valence-electron chi connectivity index (χ3n) is 2.88. The summed E-state index contributed by atoms with van der Waals surface area (Å²) >= 11 is 4.44. The first-order valence-electron chi connectivity index (χ1n) is 6.30. The Balaban J connectivity index is 2.88. The van der Waals surface area contributed by atoms with Crippen LogP contribution in [0.3, 0.4) is 0 Å². The molecule has 0 saturated carbocycles. The monoisotopic (exact) mass is 382 g/mol. The summed E-state index contributed by atoms with van der Waals surface area (Å²) in [5.41, 5.74) is 0.859. The van der Waals surface area contributed by atoms with Crippen LogP contribution in [0.15, 0.2) is 14.1 Å². The van der Waals surface area contributed by atoms with Crippen molar-refractivity contribution in [2.45, 2.75) is 37.9 Å². The number of hydrogen-bond acceptors (Lipinski definition) is 4. The summed E-state index contributed by atoms with van der Waals surface area (Å²) < 4.78 is 27.9. The molecule has 0 spiro atoms. The molecule has 0 aliphatic heterocycles. The summed E-state index contributed by atoms with van der Waals surface area (Å²) in [7, 11) is -3.67. The van der Waals surface area contributed by atoms with Gasteiger partial charge in [-0.1, -0.05) is 0 Å². The zero-order valence-electron chi connectivity index (χ0n) is 11.9. The average molecular weight is 383 g/mol. The molecule has 8 heteroatoms. The van der Waals surface area contributed by atoms with Gasteiger partial charge in [-0.05, 0) is 55.3 Å². The van der Waals surface area contributed by atoms with Crippen LogP contribution in [-0.4, -0.2) is 38.4 Å². The first-order chi connectivity index (χ1) is 9.22. The summed E-state index contributed by atoms with van der Waals surface area (Å²) in [5.74, 6) is -0.217. The first-order valence-corrected chi connectivity index (χ1v) is 9.39. The number of rotatable bonds is 6. The Morgan fingerprint density at radius 1 is 1.45 bits per heavy atom. The van der Waals surface area contributed by atoms with Crippen molar-refractivity contribution in [3.05, 3.63) is 15.4 Å². The van der Waals surface area contributed by atoms with E-state index in [4.69, 9.17) is 0 Å². The van der Waals surface area contributed by atoms with Gasteiger partial charge in [-0.25, -0.2) is 8.42 Å². The van der Waals surface area contributed by atoms with Gasteiger partial charge in [0.25, 0.3) is 10.0 Å². The van der Waals surface area contributed by atoms with Crippen molar-refractivity contribution in [1.29, 1.82) is 0 Å². The molecule has 0 saturated heterocycles. The molecule has 0 aliphatic rings. The molecular formula is C12H19BrN2O3S2. The number of sulfonamides is 1. The highest BCUT2D eigenvalue weighted by atomic mass is 79.9. The van der Waals surface area contributed by atoms with Gasteiger partial charge < -0.3 is 4.90 Å². The number of likely N-dealkylation sites (N-methyl/N-ethyl adjacent to an activating group) is 1. The minimum absolute atomic E-state index is 0.209. The van der Waals surface area contributed by atoms with Gasteiger partial charge in [0.15, 0.2) is 0 Å². The topological polar surface area (TPSA) is 66.5 Å². The summed E-state index contributed by atoms with van der Waals surface area (Å²) in [6.07, 6.45) is 0. The molecule has 1 heterocycles. The minimum atomic E-state index is -3.67. The fourth-order valence-electron chi connectivity index (χ4n) is 1.71. The van der Waals surface area contributed by atoms with Crippen molar-refractivity contribution in [2.24, 2.45) is 0 Å². The molecule has 0 aliphatic carbocycles. The molecule has 114 valence electrons. The van der Waals surface area contributed by atoms with Gasteiger partial charge in [-0.15, -0.1) is 11.3 Å². The lowest BCUT2D eigenvalue weighted by Crippen LogP contribution is -2.46. The summed E-state index contributed by atoms with van der Waals surface area (Å²) in [5, 5.41) is 0. The van der Waals surface area contributed by atoms with Crippen LogP contribution < -0.4 is 4.72 Å². The van der Waals surface area contributed by atoms with Gasteiger partial charge in [0.1, 0.15) is 4.21 Å². The number of halogens is 1. The van der Waals surface area contributed by atoms with Crippen molar-refractivity contribution in [3.63, 3.8) is 0 Å². The fraction of sp³-hybridized carbons (Fsp3) is 0.583. The van der Waals surface area contributed by atoms with Crippen LogP contribution in [0.1, 0.15) is 26.3 Å². The normalized spacial score (nSPS) is 13.2. The highest BCUT2D eigenvalue weighted by Crippen LogP contribution is 2.30. The van der Waals surface area contributed by atoms with Crippen LogP contribution in [0.4, 0.5) is 0 Å². The number of aryl methyl sites for hydroxylation is 1. The summed E-state index contributed by atoms with van der Waals surface area (Å²) in [6.45, 7) is 8.23. The van der Waals surface area contributed by atoms with E-state index in [-0.39, 0.29) is 10.1 Å². The number of carbonyl (C=O) groups is 1. The molecule has 0 fully saturated rings. The maximum absolute atomic E-state index is 12.2. The van der Waals surface area contributed by atoms with Crippen LogP contribution in [0, 0.1) is 6.92 Å². The number of carbonyl (C=O) groups excluding carboxylic acids is 1. The Bertz CT molecular complexity index is 560. The molecule has 20 heavy (non-hydrogen) atoms. The Labute approximate surface area is 132 Å². The molecule has 1 amide bonds. The Kier molecular flexibility index (Phi) is 6.18.